The number of benzene rings is 2. The van der Waals surface area contributed by atoms with Crippen molar-refractivity contribution in [2.24, 2.45) is 0 Å². The highest BCUT2D eigenvalue weighted by molar-refractivity contribution is 6.07. The molecule has 1 amide bonds. The lowest BCUT2D eigenvalue weighted by molar-refractivity contribution is 0.102. The Labute approximate surface area is 209 Å². The number of carbonyl (C=O) groups excluding carboxylic acids is 1. The van der Waals surface area contributed by atoms with Crippen LogP contribution in [0.2, 0.25) is 0 Å². The fourth-order valence-corrected chi connectivity index (χ4v) is 4.66. The third-order valence-electron chi connectivity index (χ3n) is 6.36. The number of amides is 1. The van der Waals surface area contributed by atoms with Gasteiger partial charge in [0.15, 0.2) is 11.5 Å². The number of aromatic nitrogens is 3. The Morgan fingerprint density at radius 3 is 2.28 bits per heavy atom. The van der Waals surface area contributed by atoms with E-state index in [2.05, 4.69) is 44.6 Å². The summed E-state index contributed by atoms with van der Waals surface area (Å²) in [7, 11) is 3.22. The molecule has 36 heavy (non-hydrogen) atoms. The van der Waals surface area contributed by atoms with Gasteiger partial charge in [-0.1, -0.05) is 0 Å². The Balaban J connectivity index is 1.33. The van der Waals surface area contributed by atoms with Crippen LogP contribution in [0, 0.1) is 0 Å². The molecule has 3 N–H and O–H groups in total. The number of anilines is 2. The number of aromatic amines is 1. The molecule has 3 heterocycles. The van der Waals surface area contributed by atoms with E-state index in [1.165, 1.54) is 0 Å². The number of nitrogens with zero attached hydrogens (tertiary/aromatic N) is 3. The van der Waals surface area contributed by atoms with Crippen LogP contribution in [0.25, 0.3) is 22.3 Å². The number of piperazine rings is 1. The fourth-order valence-electron chi connectivity index (χ4n) is 4.66. The van der Waals surface area contributed by atoms with E-state index in [1.54, 1.807) is 14.2 Å². The fraction of sp³-hybridized carbons (Fsp3) is 0.296. The minimum Gasteiger partial charge on any atom is -0.497 e. The van der Waals surface area contributed by atoms with Crippen molar-refractivity contribution in [3.05, 3.63) is 60.2 Å². The van der Waals surface area contributed by atoms with Gasteiger partial charge in [0.25, 0.3) is 5.91 Å². The molecule has 9 nitrogen and oxygen atoms in total. The summed E-state index contributed by atoms with van der Waals surface area (Å²) in [5, 5.41) is 14.4. The number of carbonyl (C=O) groups is 1. The summed E-state index contributed by atoms with van der Waals surface area (Å²) >= 11 is 0. The Hall–Kier alpha value is -4.11. The first-order chi connectivity index (χ1) is 17.4. The third-order valence-corrected chi connectivity index (χ3v) is 6.36. The predicted octanol–water partition coefficient (Wildman–Crippen LogP) is 4.08. The summed E-state index contributed by atoms with van der Waals surface area (Å²) in [6.07, 6.45) is 0. The van der Waals surface area contributed by atoms with Crippen molar-refractivity contribution in [3.8, 4) is 22.8 Å². The summed E-state index contributed by atoms with van der Waals surface area (Å²) in [5.41, 5.74) is 3.83. The van der Waals surface area contributed by atoms with Gasteiger partial charge in [-0.15, -0.1) is 0 Å². The molecule has 0 spiro atoms. The first-order valence-corrected chi connectivity index (χ1v) is 11.9. The molecule has 4 aromatic rings. The second-order valence-corrected chi connectivity index (χ2v) is 9.14. The summed E-state index contributed by atoms with van der Waals surface area (Å²) in [4.78, 5) is 20.0. The smallest absolute Gasteiger partial charge is 0.256 e. The van der Waals surface area contributed by atoms with Gasteiger partial charge in [0, 0.05) is 48.1 Å². The van der Waals surface area contributed by atoms with Crippen LogP contribution in [-0.2, 0) is 0 Å². The molecule has 0 aliphatic carbocycles. The SMILES string of the molecule is COc1cc(OC)cc(-c2ccc3c(NC(=O)c4ccc(N5C[C@@H](C)N[C@@H](C)C5)cc4)n[nH]c3n2)c1. The van der Waals surface area contributed by atoms with Crippen molar-refractivity contribution in [3.63, 3.8) is 0 Å². The van der Waals surface area contributed by atoms with Gasteiger partial charge in [0.05, 0.1) is 25.3 Å². The standard InChI is InChI=1S/C27H30N6O3/c1-16-14-33(15-17(2)28-16)20-7-5-18(6-8-20)27(34)30-26-23-9-10-24(29-25(23)31-32-26)19-11-21(35-3)13-22(12-19)36-4/h5-13,16-17,28H,14-15H2,1-4H3,(H2,29,30,31,32,34)/t16-,17+. The molecule has 9 heteroatoms. The topological polar surface area (TPSA) is 104 Å². The van der Waals surface area contributed by atoms with Crippen molar-refractivity contribution in [2.75, 3.05) is 37.5 Å². The van der Waals surface area contributed by atoms with Crippen molar-refractivity contribution < 1.29 is 14.3 Å². The van der Waals surface area contributed by atoms with E-state index in [0.29, 0.717) is 40.6 Å². The molecule has 1 aliphatic heterocycles. The first kappa shape index (κ1) is 23.6. The summed E-state index contributed by atoms with van der Waals surface area (Å²) in [6.45, 7) is 6.24. The van der Waals surface area contributed by atoms with Gasteiger partial charge in [0.1, 0.15) is 11.5 Å². The van der Waals surface area contributed by atoms with Crippen molar-refractivity contribution in [1.82, 2.24) is 20.5 Å². The highest BCUT2D eigenvalue weighted by Gasteiger charge is 2.21. The van der Waals surface area contributed by atoms with Crippen LogP contribution in [0.1, 0.15) is 24.2 Å². The number of ether oxygens (including phenoxy) is 2. The molecule has 5 rings (SSSR count). The number of methoxy groups -OCH3 is 2. The summed E-state index contributed by atoms with van der Waals surface area (Å²) in [6, 6.07) is 17.9. The van der Waals surface area contributed by atoms with Crippen LogP contribution in [0.3, 0.4) is 0 Å². The first-order valence-electron chi connectivity index (χ1n) is 11.9. The maximum absolute atomic E-state index is 12.9. The van der Waals surface area contributed by atoms with E-state index in [-0.39, 0.29) is 5.91 Å². The second-order valence-electron chi connectivity index (χ2n) is 9.14. The quantitative estimate of drug-likeness (QED) is 0.377. The third kappa shape index (κ3) is 4.83. The Morgan fingerprint density at radius 2 is 1.64 bits per heavy atom. The van der Waals surface area contributed by atoms with E-state index in [0.717, 1.165) is 35.4 Å². The van der Waals surface area contributed by atoms with Crippen LogP contribution < -0.4 is 25.0 Å². The number of pyridine rings is 1. The number of rotatable bonds is 6. The number of hydrogen-bond acceptors (Lipinski definition) is 7. The molecule has 186 valence electrons. The molecule has 2 aromatic heterocycles. The molecule has 0 saturated carbocycles. The van der Waals surface area contributed by atoms with Gasteiger partial charge in [-0.2, -0.15) is 5.10 Å². The van der Waals surface area contributed by atoms with Crippen molar-refractivity contribution in [2.45, 2.75) is 25.9 Å². The molecule has 0 unspecified atom stereocenters. The van der Waals surface area contributed by atoms with Crippen LogP contribution >= 0.6 is 0 Å². The zero-order valence-corrected chi connectivity index (χ0v) is 20.8. The van der Waals surface area contributed by atoms with Gasteiger partial charge in [0.2, 0.25) is 0 Å². The molecule has 1 fully saturated rings. The van der Waals surface area contributed by atoms with Crippen LogP contribution in [-0.4, -0.2) is 60.5 Å². The highest BCUT2D eigenvalue weighted by Crippen LogP contribution is 2.30. The van der Waals surface area contributed by atoms with Gasteiger partial charge in [-0.25, -0.2) is 4.98 Å². The van der Waals surface area contributed by atoms with Crippen LogP contribution in [0.15, 0.2) is 54.6 Å². The molecular formula is C27H30N6O3. The molecule has 0 radical (unpaired) electrons. The van der Waals surface area contributed by atoms with Crippen molar-refractivity contribution in [1.29, 1.82) is 0 Å². The molecule has 0 bridgehead atoms. The Kier molecular flexibility index (Phi) is 6.47. The maximum Gasteiger partial charge on any atom is 0.256 e. The number of hydrogen-bond donors (Lipinski definition) is 3. The number of fused-ring (bicyclic) bond motifs is 1. The molecule has 1 saturated heterocycles. The van der Waals surface area contributed by atoms with E-state index < -0.39 is 0 Å². The summed E-state index contributed by atoms with van der Waals surface area (Å²) < 4.78 is 10.7. The van der Waals surface area contributed by atoms with E-state index >= 15 is 0 Å². The zero-order chi connectivity index (χ0) is 25.2. The van der Waals surface area contributed by atoms with Crippen LogP contribution in [0.5, 0.6) is 11.5 Å². The zero-order valence-electron chi connectivity index (χ0n) is 20.8. The number of nitrogens with one attached hydrogen (secondary N) is 3. The predicted molar refractivity (Wildman–Crippen MR) is 141 cm³/mol. The monoisotopic (exact) mass is 486 g/mol. The highest BCUT2D eigenvalue weighted by atomic mass is 16.5. The lowest BCUT2D eigenvalue weighted by Gasteiger charge is -2.37. The van der Waals surface area contributed by atoms with E-state index in [1.807, 2.05) is 54.6 Å². The molecule has 1 aliphatic rings. The minimum atomic E-state index is -0.224. The Bertz CT molecular complexity index is 1350. The molecule has 2 atom stereocenters. The van der Waals surface area contributed by atoms with Gasteiger partial charge >= 0.3 is 0 Å². The molecular weight excluding hydrogens is 456 g/mol. The van der Waals surface area contributed by atoms with Crippen LogP contribution in [0.4, 0.5) is 11.5 Å². The van der Waals surface area contributed by atoms with Gasteiger partial charge in [-0.05, 0) is 62.4 Å². The normalized spacial score (nSPS) is 17.7. The van der Waals surface area contributed by atoms with Crippen molar-refractivity contribution >= 4 is 28.4 Å². The summed E-state index contributed by atoms with van der Waals surface area (Å²) in [5.74, 6) is 1.57. The molecule has 2 aromatic carbocycles. The lowest BCUT2D eigenvalue weighted by Crippen LogP contribution is -2.54. The van der Waals surface area contributed by atoms with E-state index in [4.69, 9.17) is 9.47 Å². The largest absolute Gasteiger partial charge is 0.497 e. The number of H-pyrrole nitrogens is 1. The van der Waals surface area contributed by atoms with Gasteiger partial charge < -0.3 is 25.0 Å². The maximum atomic E-state index is 12.9. The minimum absolute atomic E-state index is 0.224. The average molecular weight is 487 g/mol. The average Bonchev–Trinajstić information content (AvgIpc) is 3.29. The lowest BCUT2D eigenvalue weighted by atomic mass is 10.1. The second kappa shape index (κ2) is 9.87. The van der Waals surface area contributed by atoms with Gasteiger partial charge in [-0.3, -0.25) is 9.89 Å². The Morgan fingerprint density at radius 1 is 0.972 bits per heavy atom. The van der Waals surface area contributed by atoms with E-state index in [9.17, 15) is 4.79 Å².